The van der Waals surface area contributed by atoms with Crippen LogP contribution in [0.15, 0.2) is 48.7 Å². The van der Waals surface area contributed by atoms with E-state index in [-0.39, 0.29) is 0 Å². The van der Waals surface area contributed by atoms with Gasteiger partial charge in [-0.25, -0.2) is 0 Å². The zero-order valence-electron chi connectivity index (χ0n) is 11.1. The molecule has 3 rings (SSSR count). The molecular formula is C16H15ClN2O. The number of benzene rings is 2. The molecule has 1 aromatic heterocycles. The summed E-state index contributed by atoms with van der Waals surface area (Å²) in [6.45, 7) is 0.487. The fourth-order valence-electron chi connectivity index (χ4n) is 2.32. The number of hydrogen-bond donors (Lipinski definition) is 1. The lowest BCUT2D eigenvalue weighted by Gasteiger charge is -2.05. The standard InChI is InChI=1S/C16H15ClN2O/c1-19-9-11(15-8-13(18)5-6-16(15)19)10-20-14-4-2-3-12(17)7-14/h2-9H,10,18H2,1H3. The number of fused-ring (bicyclic) bond motifs is 1. The maximum Gasteiger partial charge on any atom is 0.121 e. The molecule has 20 heavy (non-hydrogen) atoms. The lowest BCUT2D eigenvalue weighted by Crippen LogP contribution is -1.94. The summed E-state index contributed by atoms with van der Waals surface area (Å²) >= 11 is 5.95. The van der Waals surface area contributed by atoms with Crippen LogP contribution in [0.5, 0.6) is 5.75 Å². The minimum atomic E-state index is 0.487. The number of aryl methyl sites for hydroxylation is 1. The highest BCUT2D eigenvalue weighted by Gasteiger charge is 2.07. The lowest BCUT2D eigenvalue weighted by atomic mass is 10.1. The third kappa shape index (κ3) is 2.45. The molecule has 2 N–H and O–H groups in total. The Hall–Kier alpha value is -2.13. The van der Waals surface area contributed by atoms with Crippen LogP contribution in [-0.2, 0) is 13.7 Å². The molecule has 0 fully saturated rings. The van der Waals surface area contributed by atoms with Crippen molar-refractivity contribution in [2.75, 3.05) is 5.73 Å². The predicted molar refractivity (Wildman–Crippen MR) is 83.1 cm³/mol. The Morgan fingerprint density at radius 2 is 2.05 bits per heavy atom. The second kappa shape index (κ2) is 5.10. The van der Waals surface area contributed by atoms with E-state index in [4.69, 9.17) is 22.1 Å². The largest absolute Gasteiger partial charge is 0.489 e. The first kappa shape index (κ1) is 12.9. The number of hydrogen-bond acceptors (Lipinski definition) is 2. The van der Waals surface area contributed by atoms with Crippen LogP contribution in [0, 0.1) is 0 Å². The molecule has 0 spiro atoms. The van der Waals surface area contributed by atoms with E-state index in [0.717, 1.165) is 27.9 Å². The van der Waals surface area contributed by atoms with Crippen LogP contribution in [0.3, 0.4) is 0 Å². The quantitative estimate of drug-likeness (QED) is 0.740. The van der Waals surface area contributed by atoms with Gasteiger partial charge in [-0.1, -0.05) is 17.7 Å². The van der Waals surface area contributed by atoms with Crippen LogP contribution in [-0.4, -0.2) is 4.57 Å². The van der Waals surface area contributed by atoms with Gasteiger partial charge in [0.25, 0.3) is 0 Å². The second-order valence-corrected chi connectivity index (χ2v) is 5.22. The zero-order chi connectivity index (χ0) is 14.1. The number of rotatable bonds is 3. The van der Waals surface area contributed by atoms with Gasteiger partial charge in [0.15, 0.2) is 0 Å². The van der Waals surface area contributed by atoms with Gasteiger partial charge in [0.05, 0.1) is 0 Å². The van der Waals surface area contributed by atoms with Crippen molar-refractivity contribution in [2.24, 2.45) is 7.05 Å². The summed E-state index contributed by atoms with van der Waals surface area (Å²) in [6.07, 6.45) is 2.06. The van der Waals surface area contributed by atoms with Gasteiger partial charge >= 0.3 is 0 Å². The molecule has 0 aliphatic carbocycles. The van der Waals surface area contributed by atoms with Crippen LogP contribution in [0.4, 0.5) is 5.69 Å². The maximum atomic E-state index is 5.95. The van der Waals surface area contributed by atoms with Crippen molar-refractivity contribution in [2.45, 2.75) is 6.61 Å². The highest BCUT2D eigenvalue weighted by Crippen LogP contribution is 2.25. The average molecular weight is 287 g/mol. The molecule has 3 nitrogen and oxygen atoms in total. The van der Waals surface area contributed by atoms with Crippen LogP contribution in [0.2, 0.25) is 5.02 Å². The van der Waals surface area contributed by atoms with Crippen molar-refractivity contribution >= 4 is 28.2 Å². The Balaban J connectivity index is 1.89. The fourth-order valence-corrected chi connectivity index (χ4v) is 2.50. The van der Waals surface area contributed by atoms with Crippen molar-refractivity contribution in [1.29, 1.82) is 0 Å². The van der Waals surface area contributed by atoms with E-state index in [1.807, 2.05) is 43.4 Å². The molecule has 0 bridgehead atoms. The summed E-state index contributed by atoms with van der Waals surface area (Å²) in [5.74, 6) is 0.762. The summed E-state index contributed by atoms with van der Waals surface area (Å²) in [7, 11) is 2.02. The Labute approximate surface area is 122 Å². The number of aromatic nitrogens is 1. The first-order chi connectivity index (χ1) is 9.63. The predicted octanol–water partition coefficient (Wildman–Crippen LogP) is 3.99. The number of nitrogens with zero attached hydrogens (tertiary/aromatic N) is 1. The van der Waals surface area contributed by atoms with Crippen LogP contribution in [0.25, 0.3) is 10.9 Å². The van der Waals surface area contributed by atoms with Gasteiger partial charge in [0.2, 0.25) is 0 Å². The van der Waals surface area contributed by atoms with Gasteiger partial charge in [-0.3, -0.25) is 0 Å². The monoisotopic (exact) mass is 286 g/mol. The minimum Gasteiger partial charge on any atom is -0.489 e. The highest BCUT2D eigenvalue weighted by atomic mass is 35.5. The van der Waals surface area contributed by atoms with Crippen molar-refractivity contribution in [3.63, 3.8) is 0 Å². The third-order valence-corrected chi connectivity index (χ3v) is 3.52. The molecule has 0 unspecified atom stereocenters. The van der Waals surface area contributed by atoms with Crippen molar-refractivity contribution in [3.8, 4) is 5.75 Å². The molecule has 0 saturated heterocycles. The first-order valence-corrected chi connectivity index (χ1v) is 6.73. The van der Waals surface area contributed by atoms with Crippen molar-refractivity contribution in [3.05, 3.63) is 59.2 Å². The topological polar surface area (TPSA) is 40.2 Å². The first-order valence-electron chi connectivity index (χ1n) is 6.35. The number of nitrogens with two attached hydrogens (primary N) is 1. The molecule has 1 heterocycles. The molecule has 0 aliphatic heterocycles. The molecule has 4 heteroatoms. The lowest BCUT2D eigenvalue weighted by molar-refractivity contribution is 0.307. The highest BCUT2D eigenvalue weighted by molar-refractivity contribution is 6.30. The van der Waals surface area contributed by atoms with Gasteiger partial charge in [-0.2, -0.15) is 0 Å². The molecule has 3 aromatic rings. The summed E-state index contributed by atoms with van der Waals surface area (Å²) in [6, 6.07) is 13.3. The maximum absolute atomic E-state index is 5.95. The molecule has 2 aromatic carbocycles. The zero-order valence-corrected chi connectivity index (χ0v) is 11.9. The van der Waals surface area contributed by atoms with Gasteiger partial charge in [0, 0.05) is 40.4 Å². The SMILES string of the molecule is Cn1cc(COc2cccc(Cl)c2)c2cc(N)ccc21. The molecular weight excluding hydrogens is 272 g/mol. The number of anilines is 1. The number of ether oxygens (including phenoxy) is 1. The van der Waals surface area contributed by atoms with E-state index in [1.54, 1.807) is 6.07 Å². The number of halogens is 1. The van der Waals surface area contributed by atoms with E-state index in [9.17, 15) is 0 Å². The van der Waals surface area contributed by atoms with E-state index in [2.05, 4.69) is 10.8 Å². The summed E-state index contributed by atoms with van der Waals surface area (Å²) < 4.78 is 7.87. The van der Waals surface area contributed by atoms with E-state index in [0.29, 0.717) is 11.6 Å². The minimum absolute atomic E-state index is 0.487. The van der Waals surface area contributed by atoms with Crippen LogP contribution >= 0.6 is 11.6 Å². The Morgan fingerprint density at radius 1 is 1.20 bits per heavy atom. The molecule has 0 aliphatic rings. The summed E-state index contributed by atoms with van der Waals surface area (Å²) in [5, 5.41) is 1.79. The van der Waals surface area contributed by atoms with Gasteiger partial charge in [0.1, 0.15) is 12.4 Å². The molecule has 102 valence electrons. The Morgan fingerprint density at radius 3 is 2.85 bits per heavy atom. The van der Waals surface area contributed by atoms with E-state index >= 15 is 0 Å². The third-order valence-electron chi connectivity index (χ3n) is 3.29. The molecule has 0 atom stereocenters. The summed E-state index contributed by atoms with van der Waals surface area (Å²) in [4.78, 5) is 0. The van der Waals surface area contributed by atoms with Crippen LogP contribution in [0.1, 0.15) is 5.56 Å². The summed E-state index contributed by atoms with van der Waals surface area (Å²) in [5.41, 5.74) is 8.87. The van der Waals surface area contributed by atoms with Gasteiger partial charge < -0.3 is 15.0 Å². The Bertz CT molecular complexity index is 764. The van der Waals surface area contributed by atoms with E-state index in [1.165, 1.54) is 0 Å². The van der Waals surface area contributed by atoms with E-state index < -0.39 is 0 Å². The fraction of sp³-hybridized carbons (Fsp3) is 0.125. The molecule has 0 saturated carbocycles. The Kier molecular flexibility index (Phi) is 3.28. The normalized spacial score (nSPS) is 10.9. The smallest absolute Gasteiger partial charge is 0.121 e. The molecule has 0 radical (unpaired) electrons. The van der Waals surface area contributed by atoms with Crippen molar-refractivity contribution < 1.29 is 4.74 Å². The number of nitrogen functional groups attached to an aromatic ring is 1. The van der Waals surface area contributed by atoms with Gasteiger partial charge in [-0.15, -0.1) is 0 Å². The second-order valence-electron chi connectivity index (χ2n) is 4.79. The van der Waals surface area contributed by atoms with Gasteiger partial charge in [-0.05, 0) is 36.4 Å². The van der Waals surface area contributed by atoms with Crippen molar-refractivity contribution in [1.82, 2.24) is 4.57 Å². The molecule has 0 amide bonds. The average Bonchev–Trinajstić information content (AvgIpc) is 2.73. The van der Waals surface area contributed by atoms with Crippen LogP contribution < -0.4 is 10.5 Å².